The minimum atomic E-state index is 0.177. The van der Waals surface area contributed by atoms with E-state index in [4.69, 9.17) is 9.47 Å². The van der Waals surface area contributed by atoms with Gasteiger partial charge in [0.15, 0.2) is 0 Å². The van der Waals surface area contributed by atoms with Crippen LogP contribution in [0.5, 0.6) is 5.75 Å². The summed E-state index contributed by atoms with van der Waals surface area (Å²) >= 11 is 0. The van der Waals surface area contributed by atoms with Crippen LogP contribution in [-0.4, -0.2) is 50.4 Å². The molecule has 112 valence electrons. The van der Waals surface area contributed by atoms with Gasteiger partial charge < -0.3 is 14.8 Å². The second kappa shape index (κ2) is 8.25. The number of ether oxygens (including phenoxy) is 2. The Labute approximate surface area is 122 Å². The van der Waals surface area contributed by atoms with Crippen molar-refractivity contribution in [2.45, 2.75) is 26.5 Å². The fourth-order valence-electron chi connectivity index (χ4n) is 2.40. The topological polar surface area (TPSA) is 33.7 Å². The first kappa shape index (κ1) is 15.3. The molecule has 0 radical (unpaired) electrons. The standard InChI is InChI=1S/C16H26N2O2/c1-3-17-11-14-7-5-6-8-16(14)20-13-15-12-18(4-2)9-10-19-15/h5-8,15,17H,3-4,9-13H2,1-2H3. The van der Waals surface area contributed by atoms with Crippen LogP contribution in [0.3, 0.4) is 0 Å². The van der Waals surface area contributed by atoms with Gasteiger partial charge in [-0.3, -0.25) is 4.90 Å². The van der Waals surface area contributed by atoms with E-state index in [1.165, 1.54) is 5.56 Å². The highest BCUT2D eigenvalue weighted by molar-refractivity contribution is 5.33. The molecule has 0 spiro atoms. The number of nitrogens with zero attached hydrogens (tertiary/aromatic N) is 1. The lowest BCUT2D eigenvalue weighted by atomic mass is 10.2. The Morgan fingerprint density at radius 2 is 2.20 bits per heavy atom. The van der Waals surface area contributed by atoms with Gasteiger partial charge in [-0.25, -0.2) is 0 Å². The molecule has 0 amide bonds. The van der Waals surface area contributed by atoms with Crippen LogP contribution in [0.15, 0.2) is 24.3 Å². The molecule has 2 rings (SSSR count). The Balaban J connectivity index is 1.86. The average Bonchev–Trinajstić information content (AvgIpc) is 2.52. The van der Waals surface area contributed by atoms with E-state index in [2.05, 4.69) is 36.2 Å². The normalized spacial score (nSPS) is 20.0. The van der Waals surface area contributed by atoms with E-state index in [0.717, 1.165) is 45.1 Å². The first-order chi connectivity index (χ1) is 9.83. The first-order valence-electron chi connectivity index (χ1n) is 7.58. The summed E-state index contributed by atoms with van der Waals surface area (Å²) in [5, 5.41) is 3.34. The van der Waals surface area contributed by atoms with Crippen LogP contribution in [0.4, 0.5) is 0 Å². The summed E-state index contributed by atoms with van der Waals surface area (Å²) in [5.74, 6) is 0.964. The highest BCUT2D eigenvalue weighted by Gasteiger charge is 2.20. The van der Waals surface area contributed by atoms with Gasteiger partial charge in [-0.2, -0.15) is 0 Å². The summed E-state index contributed by atoms with van der Waals surface area (Å²) in [6, 6.07) is 8.21. The maximum Gasteiger partial charge on any atom is 0.123 e. The fourth-order valence-corrected chi connectivity index (χ4v) is 2.40. The van der Waals surface area contributed by atoms with Crippen molar-refractivity contribution in [2.75, 3.05) is 39.4 Å². The molecule has 0 aliphatic carbocycles. The van der Waals surface area contributed by atoms with Gasteiger partial charge in [-0.15, -0.1) is 0 Å². The van der Waals surface area contributed by atoms with Gasteiger partial charge in [0.2, 0.25) is 0 Å². The minimum Gasteiger partial charge on any atom is -0.490 e. The monoisotopic (exact) mass is 278 g/mol. The number of benzene rings is 1. The Kier molecular flexibility index (Phi) is 6.30. The SMILES string of the molecule is CCNCc1ccccc1OCC1CN(CC)CCO1. The third-order valence-electron chi connectivity index (χ3n) is 3.63. The van der Waals surface area contributed by atoms with Gasteiger partial charge >= 0.3 is 0 Å². The van der Waals surface area contributed by atoms with Crippen LogP contribution in [-0.2, 0) is 11.3 Å². The number of likely N-dealkylation sites (N-methyl/N-ethyl adjacent to an activating group) is 1. The lowest BCUT2D eigenvalue weighted by Crippen LogP contribution is -2.44. The van der Waals surface area contributed by atoms with E-state index < -0.39 is 0 Å². The lowest BCUT2D eigenvalue weighted by Gasteiger charge is -2.32. The van der Waals surface area contributed by atoms with E-state index in [-0.39, 0.29) is 6.10 Å². The Morgan fingerprint density at radius 3 is 3.00 bits per heavy atom. The van der Waals surface area contributed by atoms with Gasteiger partial charge in [-0.05, 0) is 19.2 Å². The molecule has 1 atom stereocenters. The zero-order chi connectivity index (χ0) is 14.2. The van der Waals surface area contributed by atoms with Gasteiger partial charge in [0.25, 0.3) is 0 Å². The Bertz CT molecular complexity index is 398. The molecule has 1 fully saturated rings. The predicted molar refractivity (Wildman–Crippen MR) is 81.2 cm³/mol. The third-order valence-corrected chi connectivity index (χ3v) is 3.63. The second-order valence-corrected chi connectivity index (χ2v) is 5.09. The molecule has 20 heavy (non-hydrogen) atoms. The highest BCUT2D eigenvalue weighted by atomic mass is 16.5. The van der Waals surface area contributed by atoms with Gasteiger partial charge in [0, 0.05) is 25.2 Å². The van der Waals surface area contributed by atoms with Crippen LogP contribution in [0.25, 0.3) is 0 Å². The van der Waals surface area contributed by atoms with Gasteiger partial charge in [0.05, 0.1) is 6.61 Å². The number of nitrogens with one attached hydrogen (secondary N) is 1. The fraction of sp³-hybridized carbons (Fsp3) is 0.625. The third kappa shape index (κ3) is 4.47. The average molecular weight is 278 g/mol. The Morgan fingerprint density at radius 1 is 1.35 bits per heavy atom. The summed E-state index contributed by atoms with van der Waals surface area (Å²) in [7, 11) is 0. The molecule has 1 aromatic rings. The molecule has 1 aromatic carbocycles. The molecule has 0 bridgehead atoms. The van der Waals surface area contributed by atoms with Crippen LogP contribution in [0.2, 0.25) is 0 Å². The van der Waals surface area contributed by atoms with Crippen molar-refractivity contribution in [2.24, 2.45) is 0 Å². The van der Waals surface area contributed by atoms with Crippen molar-refractivity contribution in [3.05, 3.63) is 29.8 Å². The van der Waals surface area contributed by atoms with Crippen LogP contribution >= 0.6 is 0 Å². The van der Waals surface area contributed by atoms with Crippen molar-refractivity contribution in [1.82, 2.24) is 10.2 Å². The van der Waals surface area contributed by atoms with Crippen LogP contribution in [0, 0.1) is 0 Å². The molecule has 1 aliphatic rings. The largest absolute Gasteiger partial charge is 0.490 e. The highest BCUT2D eigenvalue weighted by Crippen LogP contribution is 2.18. The maximum atomic E-state index is 5.97. The number of hydrogen-bond acceptors (Lipinski definition) is 4. The van der Waals surface area contributed by atoms with Crippen molar-refractivity contribution < 1.29 is 9.47 Å². The number of rotatable bonds is 7. The van der Waals surface area contributed by atoms with E-state index in [1.807, 2.05) is 12.1 Å². The molecule has 1 saturated heterocycles. The molecule has 0 aromatic heterocycles. The Hall–Kier alpha value is -1.10. The zero-order valence-electron chi connectivity index (χ0n) is 12.6. The quantitative estimate of drug-likeness (QED) is 0.826. The lowest BCUT2D eigenvalue weighted by molar-refractivity contribution is -0.0465. The smallest absolute Gasteiger partial charge is 0.123 e. The molecule has 1 heterocycles. The molecule has 4 nitrogen and oxygen atoms in total. The van der Waals surface area contributed by atoms with E-state index in [9.17, 15) is 0 Å². The molecular weight excluding hydrogens is 252 g/mol. The van der Waals surface area contributed by atoms with Crippen molar-refractivity contribution in [3.63, 3.8) is 0 Å². The summed E-state index contributed by atoms with van der Waals surface area (Å²) in [4.78, 5) is 2.40. The second-order valence-electron chi connectivity index (χ2n) is 5.09. The maximum absolute atomic E-state index is 5.97. The molecule has 4 heteroatoms. The van der Waals surface area contributed by atoms with Crippen molar-refractivity contribution >= 4 is 0 Å². The van der Waals surface area contributed by atoms with Crippen LogP contribution < -0.4 is 10.1 Å². The molecule has 1 unspecified atom stereocenters. The summed E-state index contributed by atoms with van der Waals surface area (Å²) in [6.07, 6.45) is 0.177. The van der Waals surface area contributed by atoms with Gasteiger partial charge in [-0.1, -0.05) is 32.0 Å². The van der Waals surface area contributed by atoms with E-state index >= 15 is 0 Å². The summed E-state index contributed by atoms with van der Waals surface area (Å²) < 4.78 is 11.7. The summed E-state index contributed by atoms with van der Waals surface area (Å²) in [6.45, 7) is 10.6. The summed E-state index contributed by atoms with van der Waals surface area (Å²) in [5.41, 5.74) is 1.21. The molecule has 1 aliphatic heterocycles. The zero-order valence-corrected chi connectivity index (χ0v) is 12.6. The first-order valence-corrected chi connectivity index (χ1v) is 7.58. The van der Waals surface area contributed by atoms with Gasteiger partial charge in [0.1, 0.15) is 18.5 Å². The number of morpholine rings is 1. The van der Waals surface area contributed by atoms with Crippen molar-refractivity contribution in [1.29, 1.82) is 0 Å². The molecular formula is C16H26N2O2. The molecule has 0 saturated carbocycles. The van der Waals surface area contributed by atoms with E-state index in [1.54, 1.807) is 0 Å². The minimum absolute atomic E-state index is 0.177. The number of hydrogen-bond donors (Lipinski definition) is 1. The van der Waals surface area contributed by atoms with E-state index in [0.29, 0.717) is 6.61 Å². The molecule has 1 N–H and O–H groups in total. The van der Waals surface area contributed by atoms with Crippen molar-refractivity contribution in [3.8, 4) is 5.75 Å². The van der Waals surface area contributed by atoms with Crippen LogP contribution in [0.1, 0.15) is 19.4 Å². The predicted octanol–water partition coefficient (Wildman–Crippen LogP) is 1.90. The number of para-hydroxylation sites is 1.